The normalized spacial score (nSPS) is 11.9. The molecule has 0 aliphatic carbocycles. The van der Waals surface area contributed by atoms with Gasteiger partial charge < -0.3 is 4.74 Å². The zero-order valence-electron chi connectivity index (χ0n) is 12.7. The molecular formula is C17H11BrN2O3S2. The Bertz CT molecular complexity index is 980. The summed E-state index contributed by atoms with van der Waals surface area (Å²) in [7, 11) is 0. The number of hydrogen-bond acceptors (Lipinski definition) is 5. The SMILES string of the molecule is O=C(NNC(=O)c1cc2c(s1)-c1ccccc1OC2)c1ccc(Br)s1. The molecule has 0 unspecified atom stereocenters. The Kier molecular flexibility index (Phi) is 4.32. The van der Waals surface area contributed by atoms with Crippen LogP contribution in [0.25, 0.3) is 10.4 Å². The topological polar surface area (TPSA) is 67.4 Å². The van der Waals surface area contributed by atoms with Crippen molar-refractivity contribution in [2.45, 2.75) is 6.61 Å². The highest BCUT2D eigenvalue weighted by molar-refractivity contribution is 9.11. The van der Waals surface area contributed by atoms with Crippen LogP contribution in [0.15, 0.2) is 46.3 Å². The molecule has 3 aromatic rings. The summed E-state index contributed by atoms with van der Waals surface area (Å²) in [6.07, 6.45) is 0. The highest BCUT2D eigenvalue weighted by atomic mass is 79.9. The number of carbonyl (C=O) groups excluding carboxylic acids is 2. The van der Waals surface area contributed by atoms with Gasteiger partial charge in [0.2, 0.25) is 0 Å². The van der Waals surface area contributed by atoms with Crippen molar-refractivity contribution in [1.29, 1.82) is 0 Å². The molecule has 2 amide bonds. The second-order valence-electron chi connectivity index (χ2n) is 5.26. The number of nitrogens with one attached hydrogen (secondary N) is 2. The lowest BCUT2D eigenvalue weighted by atomic mass is 10.1. The summed E-state index contributed by atoms with van der Waals surface area (Å²) in [6.45, 7) is 0.436. The summed E-state index contributed by atoms with van der Waals surface area (Å²) in [5.41, 5.74) is 6.86. The minimum atomic E-state index is -0.348. The van der Waals surface area contributed by atoms with E-state index < -0.39 is 0 Å². The lowest BCUT2D eigenvalue weighted by Gasteiger charge is -2.16. The molecule has 5 nitrogen and oxygen atoms in total. The van der Waals surface area contributed by atoms with Crippen LogP contribution in [0.1, 0.15) is 24.9 Å². The molecule has 0 saturated heterocycles. The third-order valence-corrected chi connectivity index (χ3v) is 6.47. The number of rotatable bonds is 2. The van der Waals surface area contributed by atoms with Crippen LogP contribution in [0.2, 0.25) is 0 Å². The second-order valence-corrected chi connectivity index (χ2v) is 8.78. The third kappa shape index (κ3) is 3.20. The Morgan fingerprint density at radius 2 is 1.76 bits per heavy atom. The molecule has 1 aliphatic rings. The van der Waals surface area contributed by atoms with Gasteiger partial charge in [-0.15, -0.1) is 22.7 Å². The third-order valence-electron chi connectivity index (χ3n) is 3.63. The predicted molar refractivity (Wildman–Crippen MR) is 101 cm³/mol. The summed E-state index contributed by atoms with van der Waals surface area (Å²) in [5.74, 6) is 0.125. The maximum atomic E-state index is 12.4. The van der Waals surface area contributed by atoms with Crippen molar-refractivity contribution >= 4 is 50.4 Å². The fourth-order valence-corrected chi connectivity index (χ4v) is 4.86. The van der Waals surface area contributed by atoms with Crippen molar-refractivity contribution in [1.82, 2.24) is 10.9 Å². The fourth-order valence-electron chi connectivity index (χ4n) is 2.48. The van der Waals surface area contributed by atoms with Crippen molar-refractivity contribution in [3.8, 4) is 16.2 Å². The number of carbonyl (C=O) groups is 2. The van der Waals surface area contributed by atoms with E-state index in [1.54, 1.807) is 18.2 Å². The first-order valence-corrected chi connectivity index (χ1v) is 9.75. The first kappa shape index (κ1) is 16.3. The molecule has 2 N–H and O–H groups in total. The lowest BCUT2D eigenvalue weighted by Crippen LogP contribution is -2.41. The maximum Gasteiger partial charge on any atom is 0.279 e. The van der Waals surface area contributed by atoms with Crippen molar-refractivity contribution in [3.63, 3.8) is 0 Å². The van der Waals surface area contributed by atoms with Gasteiger partial charge in [0.1, 0.15) is 12.4 Å². The van der Waals surface area contributed by atoms with Gasteiger partial charge in [0.15, 0.2) is 0 Å². The van der Waals surface area contributed by atoms with E-state index in [1.807, 2.05) is 24.3 Å². The molecule has 0 bridgehead atoms. The molecule has 8 heteroatoms. The van der Waals surface area contributed by atoms with E-state index in [0.29, 0.717) is 16.4 Å². The van der Waals surface area contributed by atoms with E-state index >= 15 is 0 Å². The van der Waals surface area contributed by atoms with Gasteiger partial charge in [0.05, 0.1) is 13.5 Å². The van der Waals surface area contributed by atoms with Gasteiger partial charge in [0.25, 0.3) is 11.8 Å². The zero-order valence-corrected chi connectivity index (χ0v) is 15.9. The fraction of sp³-hybridized carbons (Fsp3) is 0.0588. The van der Waals surface area contributed by atoms with Crippen LogP contribution in [0, 0.1) is 0 Å². The summed E-state index contributed by atoms with van der Waals surface area (Å²) < 4.78 is 6.56. The molecule has 0 saturated carbocycles. The molecule has 25 heavy (non-hydrogen) atoms. The number of ether oxygens (including phenoxy) is 1. The van der Waals surface area contributed by atoms with Crippen LogP contribution in [-0.4, -0.2) is 11.8 Å². The van der Waals surface area contributed by atoms with Crippen LogP contribution in [0.4, 0.5) is 0 Å². The molecule has 126 valence electrons. The quantitative estimate of drug-likeness (QED) is 0.593. The van der Waals surface area contributed by atoms with Gasteiger partial charge in [-0.25, -0.2) is 0 Å². The van der Waals surface area contributed by atoms with E-state index in [0.717, 1.165) is 25.5 Å². The number of hydrazine groups is 1. The number of halogens is 1. The highest BCUT2D eigenvalue weighted by Gasteiger charge is 2.22. The van der Waals surface area contributed by atoms with Gasteiger partial charge in [-0.1, -0.05) is 12.1 Å². The molecule has 3 heterocycles. The Morgan fingerprint density at radius 3 is 2.52 bits per heavy atom. The number of hydrogen-bond donors (Lipinski definition) is 2. The average Bonchev–Trinajstić information content (AvgIpc) is 3.25. The Balaban J connectivity index is 1.49. The molecule has 1 aromatic carbocycles. The molecule has 0 atom stereocenters. The molecular weight excluding hydrogens is 424 g/mol. The summed E-state index contributed by atoms with van der Waals surface area (Å²) >= 11 is 5.99. The number of amides is 2. The highest BCUT2D eigenvalue weighted by Crippen LogP contribution is 2.42. The molecule has 0 spiro atoms. The van der Waals surface area contributed by atoms with Crippen molar-refractivity contribution in [3.05, 3.63) is 61.6 Å². The van der Waals surface area contributed by atoms with E-state index in [9.17, 15) is 9.59 Å². The number of fused-ring (bicyclic) bond motifs is 3. The monoisotopic (exact) mass is 434 g/mol. The minimum absolute atomic E-state index is 0.346. The van der Waals surface area contributed by atoms with Crippen LogP contribution < -0.4 is 15.6 Å². The van der Waals surface area contributed by atoms with Crippen molar-refractivity contribution < 1.29 is 14.3 Å². The van der Waals surface area contributed by atoms with Gasteiger partial charge in [0, 0.05) is 16.0 Å². The van der Waals surface area contributed by atoms with Crippen LogP contribution in [0.5, 0.6) is 5.75 Å². The Hall–Kier alpha value is -2.16. The smallest absolute Gasteiger partial charge is 0.279 e. The van der Waals surface area contributed by atoms with Crippen LogP contribution in [0.3, 0.4) is 0 Å². The van der Waals surface area contributed by atoms with Crippen molar-refractivity contribution in [2.75, 3.05) is 0 Å². The van der Waals surface area contributed by atoms with Gasteiger partial charge in [-0.05, 0) is 46.3 Å². The van der Waals surface area contributed by atoms with Crippen LogP contribution >= 0.6 is 38.6 Å². The lowest BCUT2D eigenvalue weighted by molar-refractivity contribution is 0.0851. The van der Waals surface area contributed by atoms with Gasteiger partial charge in [-0.2, -0.15) is 0 Å². The van der Waals surface area contributed by atoms with Crippen LogP contribution in [-0.2, 0) is 6.61 Å². The summed E-state index contributed by atoms with van der Waals surface area (Å²) in [5, 5.41) is 0. The first-order chi connectivity index (χ1) is 12.1. The molecule has 0 radical (unpaired) electrons. The molecule has 4 rings (SSSR count). The standard InChI is InChI=1S/C17H11BrN2O3S2/c18-14-6-5-12(24-14)16(21)19-20-17(22)13-7-9-8-23-11-4-2-1-3-10(11)15(9)25-13/h1-7H,8H2,(H,19,21)(H,20,22). The zero-order chi connectivity index (χ0) is 17.4. The number of benzene rings is 1. The van der Waals surface area contributed by atoms with E-state index in [1.165, 1.54) is 22.7 Å². The van der Waals surface area contributed by atoms with Crippen molar-refractivity contribution in [2.24, 2.45) is 0 Å². The van der Waals surface area contributed by atoms with Gasteiger partial charge in [-0.3, -0.25) is 20.4 Å². The minimum Gasteiger partial charge on any atom is -0.488 e. The molecule has 1 aliphatic heterocycles. The first-order valence-electron chi connectivity index (χ1n) is 7.33. The van der Waals surface area contributed by atoms with E-state index in [-0.39, 0.29) is 11.8 Å². The summed E-state index contributed by atoms with van der Waals surface area (Å²) in [6, 6.07) is 13.0. The molecule has 0 fully saturated rings. The Morgan fingerprint density at radius 1 is 1.00 bits per heavy atom. The molecule has 2 aromatic heterocycles. The number of thiophene rings is 2. The average molecular weight is 435 g/mol. The Labute approximate surface area is 159 Å². The predicted octanol–water partition coefficient (Wildman–Crippen LogP) is 4.21. The maximum absolute atomic E-state index is 12.4. The largest absolute Gasteiger partial charge is 0.488 e. The van der Waals surface area contributed by atoms with E-state index in [4.69, 9.17) is 4.74 Å². The van der Waals surface area contributed by atoms with E-state index in [2.05, 4.69) is 26.8 Å². The van der Waals surface area contributed by atoms with Gasteiger partial charge >= 0.3 is 0 Å². The number of para-hydroxylation sites is 1. The summed E-state index contributed by atoms with van der Waals surface area (Å²) in [4.78, 5) is 26.4. The second kappa shape index (κ2) is 6.62.